The van der Waals surface area contributed by atoms with Crippen molar-refractivity contribution in [1.82, 2.24) is 15.3 Å². The quantitative estimate of drug-likeness (QED) is 0.105. The van der Waals surface area contributed by atoms with Crippen LogP contribution in [0.4, 0.5) is 5.82 Å². The number of phenolic OH excluding ortho intramolecular Hbond substituents is 1. The lowest BCUT2D eigenvalue weighted by atomic mass is 9.72. The van der Waals surface area contributed by atoms with E-state index in [1.165, 1.54) is 31.4 Å². The minimum Gasteiger partial charge on any atom is -0.507 e. The number of pyridine rings is 1. The van der Waals surface area contributed by atoms with E-state index < -0.39 is 41.5 Å². The summed E-state index contributed by atoms with van der Waals surface area (Å²) in [5, 5.41) is 48.2. The Morgan fingerprint density at radius 2 is 1.91 bits per heavy atom. The van der Waals surface area contributed by atoms with Gasteiger partial charge in [0.05, 0.1) is 24.8 Å². The summed E-state index contributed by atoms with van der Waals surface area (Å²) in [7, 11) is 1.43. The lowest BCUT2D eigenvalue weighted by Gasteiger charge is -2.41. The molecular weight excluding hydrogens is 751 g/mol. The van der Waals surface area contributed by atoms with Gasteiger partial charge < -0.3 is 45.5 Å². The van der Waals surface area contributed by atoms with Gasteiger partial charge in [-0.3, -0.25) is 9.59 Å². The van der Waals surface area contributed by atoms with Crippen LogP contribution < -0.4 is 15.4 Å². The number of amides is 1. The number of methoxy groups -OCH3 is 1. The number of phenols is 1. The molecule has 0 fully saturated rings. The average molecular weight is 794 g/mol. The third-order valence-electron chi connectivity index (χ3n) is 9.16. The number of aromatic hydroxyl groups is 1. The monoisotopic (exact) mass is 792 g/mol. The fourth-order valence-corrected chi connectivity index (χ4v) is 6.79. The Hall–Kier alpha value is -5.18. The molecule has 2 aromatic heterocycles. The number of rotatable bonds is 8. The van der Waals surface area contributed by atoms with Gasteiger partial charge in [-0.15, -0.1) is 0 Å². The van der Waals surface area contributed by atoms with Crippen LogP contribution in [0.1, 0.15) is 65.2 Å². The zero-order valence-electron chi connectivity index (χ0n) is 30.4. The molecule has 2 aromatic carbocycles. The van der Waals surface area contributed by atoms with Gasteiger partial charge in [0, 0.05) is 46.6 Å². The number of carbonyl (C=O) groups is 3. The molecule has 0 saturated carbocycles. The first-order chi connectivity index (χ1) is 26.1. The van der Waals surface area contributed by atoms with E-state index in [1.54, 1.807) is 61.8 Å². The lowest BCUT2D eigenvalue weighted by Crippen LogP contribution is -2.57. The molecule has 13 nitrogen and oxygen atoms in total. The van der Waals surface area contributed by atoms with Gasteiger partial charge in [0.1, 0.15) is 46.4 Å². The largest absolute Gasteiger partial charge is 0.507 e. The van der Waals surface area contributed by atoms with Crippen LogP contribution in [0.5, 0.6) is 11.5 Å². The highest BCUT2D eigenvalue weighted by Gasteiger charge is 2.50. The highest BCUT2D eigenvalue weighted by Crippen LogP contribution is 2.38. The molecule has 4 aromatic rings. The number of esters is 1. The summed E-state index contributed by atoms with van der Waals surface area (Å²) in [6.45, 7) is 5.35. The number of benzene rings is 2. The highest BCUT2D eigenvalue weighted by atomic mass is 35.5. The van der Waals surface area contributed by atoms with Crippen LogP contribution in [0.2, 0.25) is 10.0 Å². The number of nitrogens with one attached hydrogen (secondary N) is 3. The van der Waals surface area contributed by atoms with E-state index in [0.717, 1.165) is 16.7 Å². The molecule has 1 aliphatic carbocycles. The molecular formula is C40H42Cl2N4O9. The number of H-pyrrole nitrogens is 1. The molecule has 1 unspecified atom stereocenters. The Morgan fingerprint density at radius 1 is 1.15 bits per heavy atom. The van der Waals surface area contributed by atoms with Crippen molar-refractivity contribution < 1.29 is 44.3 Å². The van der Waals surface area contributed by atoms with Gasteiger partial charge in [-0.1, -0.05) is 53.6 Å². The molecule has 290 valence electrons. The van der Waals surface area contributed by atoms with Crippen molar-refractivity contribution in [2.24, 2.45) is 5.92 Å². The highest BCUT2D eigenvalue weighted by molar-refractivity contribution is 6.33. The van der Waals surface area contributed by atoms with E-state index in [1.807, 2.05) is 19.9 Å². The Labute approximate surface area is 327 Å². The second kappa shape index (κ2) is 17.5. The van der Waals surface area contributed by atoms with Crippen LogP contribution >= 0.6 is 23.2 Å². The predicted octanol–water partition coefficient (Wildman–Crippen LogP) is 5.88. The Balaban J connectivity index is 0.000000212. The van der Waals surface area contributed by atoms with Crippen LogP contribution in [0.25, 0.3) is 17.2 Å². The fourth-order valence-electron chi connectivity index (χ4n) is 6.37. The summed E-state index contributed by atoms with van der Waals surface area (Å²) in [4.78, 5) is 44.3. The van der Waals surface area contributed by atoms with Crippen molar-refractivity contribution in [2.45, 2.75) is 57.1 Å². The second-order valence-electron chi connectivity index (χ2n) is 13.4. The smallest absolute Gasteiger partial charge is 0.342 e. The molecule has 2 aliphatic rings. The minimum absolute atomic E-state index is 0.0178. The number of aromatic amines is 1. The van der Waals surface area contributed by atoms with Crippen molar-refractivity contribution in [3.63, 3.8) is 0 Å². The van der Waals surface area contributed by atoms with Gasteiger partial charge >= 0.3 is 5.97 Å². The zero-order chi connectivity index (χ0) is 40.0. The van der Waals surface area contributed by atoms with Gasteiger partial charge in [0.15, 0.2) is 5.78 Å². The Bertz CT molecular complexity index is 2120. The predicted molar refractivity (Wildman–Crippen MR) is 208 cm³/mol. The van der Waals surface area contributed by atoms with Crippen molar-refractivity contribution in [1.29, 1.82) is 0 Å². The number of ether oxygens (including phenoxy) is 2. The first-order valence-electron chi connectivity index (χ1n) is 17.3. The number of anilines is 1. The van der Waals surface area contributed by atoms with E-state index in [2.05, 4.69) is 20.6 Å². The second-order valence-corrected chi connectivity index (χ2v) is 14.3. The first kappa shape index (κ1) is 41.0. The summed E-state index contributed by atoms with van der Waals surface area (Å²) < 4.78 is 10.5. The number of hydrogen-bond donors (Lipinski definition) is 7. The number of fused-ring (bicyclic) bond motifs is 2. The van der Waals surface area contributed by atoms with E-state index >= 15 is 0 Å². The first-order valence-corrected chi connectivity index (χ1v) is 18.1. The number of ketones is 1. The maximum Gasteiger partial charge on any atom is 0.342 e. The topological polar surface area (TPSA) is 203 Å². The van der Waals surface area contributed by atoms with Crippen molar-refractivity contribution in [3.05, 3.63) is 112 Å². The minimum atomic E-state index is -1.81. The lowest BCUT2D eigenvalue weighted by molar-refractivity contribution is -0.154. The molecule has 6 rings (SSSR count). The van der Waals surface area contributed by atoms with Crippen molar-refractivity contribution in [2.75, 3.05) is 19.0 Å². The summed E-state index contributed by atoms with van der Waals surface area (Å²) in [6.07, 6.45) is 6.46. The normalized spacial score (nSPS) is 21.6. The molecule has 3 heterocycles. The molecule has 1 aliphatic heterocycles. The number of nitrogens with zero attached hydrogens (tertiary/aromatic N) is 1. The molecule has 0 bridgehead atoms. The SMILES string of the molecule is CC(C)Nc1cc(-c2c[nH]c(C(=O)N[C@H](CO)c3cccc(Cl)c3)c2)c(Cl)cn1.COc1cc(O)c2c(c1)/C=C/C[C@@]1(O)C(C=CC(=O)[C@H]1O)[C@H](C)OC2=O. The number of carbonyl (C=O) groups excluding carboxylic acids is 3. The van der Waals surface area contributed by atoms with Gasteiger partial charge in [-0.2, -0.15) is 0 Å². The Morgan fingerprint density at radius 3 is 2.60 bits per heavy atom. The maximum absolute atomic E-state index is 12.7. The number of aliphatic hydroxyl groups is 3. The summed E-state index contributed by atoms with van der Waals surface area (Å²) in [5.41, 5.74) is 1.12. The van der Waals surface area contributed by atoms with Gasteiger partial charge in [0.25, 0.3) is 5.91 Å². The third-order valence-corrected chi connectivity index (χ3v) is 9.70. The molecule has 0 saturated heterocycles. The fraction of sp³-hybridized carbons (Fsp3) is 0.300. The van der Waals surface area contributed by atoms with Gasteiger partial charge in [0.2, 0.25) is 0 Å². The number of halogens is 2. The average Bonchev–Trinajstić information content (AvgIpc) is 3.63. The van der Waals surface area contributed by atoms with E-state index in [-0.39, 0.29) is 36.3 Å². The number of aromatic nitrogens is 2. The van der Waals surface area contributed by atoms with Crippen LogP contribution in [0.15, 0.2) is 79.2 Å². The van der Waals surface area contributed by atoms with Crippen LogP contribution in [0, 0.1) is 5.92 Å². The molecule has 7 N–H and O–H groups in total. The molecule has 15 heteroatoms. The standard InChI is InChI=1S/C21H22Cl2N4O2.C19H20O7/c1-12(2)26-20-8-16(17(23)10-25-20)14-7-18(24-9-14)21(29)27-19(11-28)13-4-3-5-15(22)6-13;1-10-13-5-6-14(20)17(22)19(13,24)7-3-4-11-8-12(25-2)9-15(21)16(11)18(23)26-10/h3-10,12,19,24,28H,11H2,1-2H3,(H,25,26)(H,27,29);3-6,8-10,13,17,21-22,24H,7H2,1-2H3/b;4-3+/t19-;10-,13?,17+,19+/m10/s1. The van der Waals surface area contributed by atoms with Crippen molar-refractivity contribution >= 4 is 52.8 Å². The maximum atomic E-state index is 12.7. The summed E-state index contributed by atoms with van der Waals surface area (Å²) in [5.74, 6) is -1.75. The zero-order valence-corrected chi connectivity index (χ0v) is 31.9. The number of hydrogen-bond acceptors (Lipinski definition) is 11. The number of cyclic esters (lactones) is 1. The number of aliphatic hydroxyl groups excluding tert-OH is 2. The van der Waals surface area contributed by atoms with Gasteiger partial charge in [-0.05, 0) is 74.7 Å². The van der Waals surface area contributed by atoms with Crippen molar-refractivity contribution in [3.8, 4) is 22.6 Å². The van der Waals surface area contributed by atoms with E-state index in [4.69, 9.17) is 32.7 Å². The summed E-state index contributed by atoms with van der Waals surface area (Å²) in [6, 6.07) is 13.1. The molecule has 0 spiro atoms. The van der Waals surface area contributed by atoms with E-state index in [9.17, 15) is 34.8 Å². The van der Waals surface area contributed by atoms with E-state index in [0.29, 0.717) is 32.9 Å². The van der Waals surface area contributed by atoms with Gasteiger partial charge in [-0.25, -0.2) is 9.78 Å². The van der Waals surface area contributed by atoms with Crippen LogP contribution in [-0.2, 0) is 9.53 Å². The molecule has 1 amide bonds. The molecule has 55 heavy (non-hydrogen) atoms. The van der Waals surface area contributed by atoms with Crippen LogP contribution in [0.3, 0.4) is 0 Å². The third kappa shape index (κ3) is 9.38. The van der Waals surface area contributed by atoms with Crippen LogP contribution in [-0.4, -0.2) is 85.6 Å². The Kier molecular flexibility index (Phi) is 13.1. The molecule has 5 atom stereocenters. The summed E-state index contributed by atoms with van der Waals surface area (Å²) >= 11 is 12.3. The molecule has 0 radical (unpaired) electrons.